The summed E-state index contributed by atoms with van der Waals surface area (Å²) in [6.07, 6.45) is 5.57. The summed E-state index contributed by atoms with van der Waals surface area (Å²) < 4.78 is 12.0. The minimum atomic E-state index is -0.400. The zero-order valence-electron chi connectivity index (χ0n) is 9.78. The van der Waals surface area contributed by atoms with E-state index < -0.39 is 5.79 Å². The Labute approximate surface area is 101 Å². The lowest BCUT2D eigenvalue weighted by molar-refractivity contribution is -0.105. The lowest BCUT2D eigenvalue weighted by atomic mass is 9.94. The van der Waals surface area contributed by atoms with Gasteiger partial charge in [-0.25, -0.2) is 5.90 Å². The molecule has 1 aliphatic carbocycles. The molecule has 1 heterocycles. The van der Waals surface area contributed by atoms with Crippen molar-refractivity contribution in [1.82, 2.24) is 0 Å². The summed E-state index contributed by atoms with van der Waals surface area (Å²) in [6, 6.07) is 5.84. The first-order chi connectivity index (χ1) is 8.31. The molecular weight excluding hydrogens is 218 g/mol. The predicted octanol–water partition coefficient (Wildman–Crippen LogP) is 2.51. The van der Waals surface area contributed by atoms with Gasteiger partial charge in [-0.3, -0.25) is 4.84 Å². The zero-order valence-corrected chi connectivity index (χ0v) is 9.78. The van der Waals surface area contributed by atoms with Gasteiger partial charge in [0, 0.05) is 12.8 Å². The van der Waals surface area contributed by atoms with Gasteiger partial charge in [-0.05, 0) is 30.5 Å². The highest BCUT2D eigenvalue weighted by Crippen LogP contribution is 2.45. The number of hydrogen-bond donors (Lipinski definition) is 1. The van der Waals surface area contributed by atoms with Crippen molar-refractivity contribution in [2.75, 3.05) is 0 Å². The Morgan fingerprint density at radius 1 is 1.12 bits per heavy atom. The van der Waals surface area contributed by atoms with Gasteiger partial charge >= 0.3 is 0 Å². The SMILES string of the molecule is NOCc1ccc2c(c1)OC1(CCCCC1)O2. The number of ether oxygens (including phenoxy) is 2. The van der Waals surface area contributed by atoms with Gasteiger partial charge in [-0.15, -0.1) is 0 Å². The van der Waals surface area contributed by atoms with Crippen molar-refractivity contribution in [2.45, 2.75) is 44.5 Å². The lowest BCUT2D eigenvalue weighted by Gasteiger charge is -2.31. The molecule has 0 atom stereocenters. The third-order valence-electron chi connectivity index (χ3n) is 3.47. The molecule has 17 heavy (non-hydrogen) atoms. The second kappa shape index (κ2) is 4.20. The van der Waals surface area contributed by atoms with E-state index in [1.54, 1.807) is 0 Å². The summed E-state index contributed by atoms with van der Waals surface area (Å²) in [5.74, 6) is 6.33. The van der Waals surface area contributed by atoms with Gasteiger partial charge in [-0.2, -0.15) is 0 Å². The minimum Gasteiger partial charge on any atom is -0.448 e. The highest BCUT2D eigenvalue weighted by molar-refractivity contribution is 5.45. The van der Waals surface area contributed by atoms with Gasteiger partial charge in [0.2, 0.25) is 0 Å². The first-order valence-electron chi connectivity index (χ1n) is 6.14. The van der Waals surface area contributed by atoms with Crippen LogP contribution in [0.4, 0.5) is 0 Å². The van der Waals surface area contributed by atoms with Gasteiger partial charge in [-0.1, -0.05) is 12.5 Å². The Kier molecular flexibility index (Phi) is 2.68. The molecule has 1 saturated carbocycles. The molecule has 0 bridgehead atoms. The van der Waals surface area contributed by atoms with Gasteiger partial charge in [0.15, 0.2) is 11.5 Å². The number of nitrogens with two attached hydrogens (primary N) is 1. The number of fused-ring (bicyclic) bond motifs is 1. The van der Waals surface area contributed by atoms with Crippen LogP contribution in [-0.2, 0) is 11.4 Å². The quantitative estimate of drug-likeness (QED) is 0.800. The van der Waals surface area contributed by atoms with Crippen LogP contribution in [0.1, 0.15) is 37.7 Å². The van der Waals surface area contributed by atoms with E-state index in [0.29, 0.717) is 6.61 Å². The van der Waals surface area contributed by atoms with Crippen LogP contribution < -0.4 is 15.4 Å². The molecule has 1 aromatic carbocycles. The van der Waals surface area contributed by atoms with Crippen LogP contribution in [0.25, 0.3) is 0 Å². The Morgan fingerprint density at radius 3 is 2.65 bits per heavy atom. The third kappa shape index (κ3) is 1.98. The maximum absolute atomic E-state index is 6.00. The Balaban J connectivity index is 1.82. The lowest BCUT2D eigenvalue weighted by Crippen LogP contribution is -2.40. The number of benzene rings is 1. The van der Waals surface area contributed by atoms with E-state index in [1.807, 2.05) is 18.2 Å². The fourth-order valence-electron chi connectivity index (χ4n) is 2.62. The molecule has 2 N–H and O–H groups in total. The summed E-state index contributed by atoms with van der Waals surface area (Å²) in [6.45, 7) is 0.392. The Bertz CT molecular complexity index is 413. The van der Waals surface area contributed by atoms with Crippen molar-refractivity contribution in [3.05, 3.63) is 23.8 Å². The Morgan fingerprint density at radius 2 is 1.88 bits per heavy atom. The molecule has 0 radical (unpaired) electrons. The van der Waals surface area contributed by atoms with Crippen molar-refractivity contribution in [1.29, 1.82) is 0 Å². The second-order valence-corrected chi connectivity index (χ2v) is 4.77. The minimum absolute atomic E-state index is 0.392. The molecule has 1 spiro atoms. The predicted molar refractivity (Wildman–Crippen MR) is 62.5 cm³/mol. The maximum Gasteiger partial charge on any atom is 0.251 e. The van der Waals surface area contributed by atoms with E-state index >= 15 is 0 Å². The van der Waals surface area contributed by atoms with E-state index in [9.17, 15) is 0 Å². The van der Waals surface area contributed by atoms with Gasteiger partial charge < -0.3 is 9.47 Å². The van der Waals surface area contributed by atoms with E-state index in [-0.39, 0.29) is 0 Å². The van der Waals surface area contributed by atoms with Crippen molar-refractivity contribution >= 4 is 0 Å². The number of hydrogen-bond acceptors (Lipinski definition) is 4. The molecule has 0 amide bonds. The van der Waals surface area contributed by atoms with Gasteiger partial charge in [0.05, 0.1) is 6.61 Å². The average molecular weight is 235 g/mol. The zero-order chi connectivity index (χ0) is 11.7. The van der Waals surface area contributed by atoms with E-state index in [1.165, 1.54) is 19.3 Å². The summed E-state index contributed by atoms with van der Waals surface area (Å²) in [7, 11) is 0. The summed E-state index contributed by atoms with van der Waals surface area (Å²) >= 11 is 0. The van der Waals surface area contributed by atoms with E-state index in [2.05, 4.69) is 4.84 Å². The van der Waals surface area contributed by atoms with Crippen LogP contribution in [0, 0.1) is 0 Å². The molecule has 1 fully saturated rings. The standard InChI is InChI=1S/C13H17NO3/c14-15-9-10-4-5-11-12(8-10)17-13(16-11)6-2-1-3-7-13/h4-5,8H,1-3,6-7,9,14H2. The average Bonchev–Trinajstić information content (AvgIpc) is 2.67. The van der Waals surface area contributed by atoms with Crippen LogP contribution in [0.2, 0.25) is 0 Å². The molecule has 92 valence electrons. The maximum atomic E-state index is 6.00. The molecule has 4 heteroatoms. The first-order valence-corrected chi connectivity index (χ1v) is 6.14. The largest absolute Gasteiger partial charge is 0.448 e. The first kappa shape index (κ1) is 10.9. The fraction of sp³-hybridized carbons (Fsp3) is 0.538. The highest BCUT2D eigenvalue weighted by atomic mass is 16.7. The molecule has 0 aromatic heterocycles. The molecule has 3 rings (SSSR count). The Hall–Kier alpha value is -1.26. The molecular formula is C13H17NO3. The van der Waals surface area contributed by atoms with Crippen LogP contribution in [0.15, 0.2) is 18.2 Å². The molecule has 2 aliphatic rings. The topological polar surface area (TPSA) is 53.7 Å². The molecule has 1 aliphatic heterocycles. The monoisotopic (exact) mass is 235 g/mol. The normalized spacial score (nSPS) is 20.8. The summed E-state index contributed by atoms with van der Waals surface area (Å²) in [4.78, 5) is 4.63. The van der Waals surface area contributed by atoms with Crippen LogP contribution in [0.3, 0.4) is 0 Å². The van der Waals surface area contributed by atoms with Crippen LogP contribution in [-0.4, -0.2) is 5.79 Å². The second-order valence-electron chi connectivity index (χ2n) is 4.77. The van der Waals surface area contributed by atoms with Crippen molar-refractivity contribution in [3.8, 4) is 11.5 Å². The van der Waals surface area contributed by atoms with E-state index in [4.69, 9.17) is 15.4 Å². The third-order valence-corrected chi connectivity index (χ3v) is 3.47. The molecule has 1 aromatic rings. The van der Waals surface area contributed by atoms with Gasteiger partial charge in [0.1, 0.15) is 0 Å². The molecule has 4 nitrogen and oxygen atoms in total. The number of rotatable bonds is 2. The van der Waals surface area contributed by atoms with Crippen molar-refractivity contribution in [2.24, 2.45) is 5.90 Å². The van der Waals surface area contributed by atoms with Crippen molar-refractivity contribution in [3.63, 3.8) is 0 Å². The fourth-order valence-corrected chi connectivity index (χ4v) is 2.62. The summed E-state index contributed by atoms with van der Waals surface area (Å²) in [5.41, 5.74) is 1.00. The molecule has 0 unspecified atom stereocenters. The van der Waals surface area contributed by atoms with Crippen LogP contribution in [0.5, 0.6) is 11.5 Å². The van der Waals surface area contributed by atoms with E-state index in [0.717, 1.165) is 29.9 Å². The summed E-state index contributed by atoms with van der Waals surface area (Å²) in [5, 5.41) is 0. The van der Waals surface area contributed by atoms with Gasteiger partial charge in [0.25, 0.3) is 5.79 Å². The van der Waals surface area contributed by atoms with Crippen LogP contribution >= 0.6 is 0 Å². The highest BCUT2D eigenvalue weighted by Gasteiger charge is 2.42. The molecule has 0 saturated heterocycles. The smallest absolute Gasteiger partial charge is 0.251 e. The van der Waals surface area contributed by atoms with Crippen molar-refractivity contribution < 1.29 is 14.3 Å².